The first-order valence-electron chi connectivity index (χ1n) is 5.19. The maximum absolute atomic E-state index is 11.7. The van der Waals surface area contributed by atoms with Crippen molar-refractivity contribution in [2.45, 2.75) is 6.54 Å². The van der Waals surface area contributed by atoms with Gasteiger partial charge in [0.2, 0.25) is 10.0 Å². The number of rotatable bonds is 5. The van der Waals surface area contributed by atoms with Crippen molar-refractivity contribution in [2.24, 2.45) is 19.2 Å². The summed E-state index contributed by atoms with van der Waals surface area (Å²) in [7, 11) is -0.588. The molecule has 0 unspecified atom stereocenters. The second-order valence-electron chi connectivity index (χ2n) is 3.96. The second-order valence-corrected chi connectivity index (χ2v) is 5.69. The van der Waals surface area contributed by atoms with E-state index in [2.05, 4.69) is 5.32 Å². The third kappa shape index (κ3) is 3.79. The van der Waals surface area contributed by atoms with Crippen molar-refractivity contribution in [3.8, 4) is 0 Å². The van der Waals surface area contributed by atoms with Gasteiger partial charge in [0, 0.05) is 38.9 Å². The first-order chi connectivity index (χ1) is 8.22. The van der Waals surface area contributed by atoms with E-state index in [-0.39, 0.29) is 18.8 Å². The third-order valence-electron chi connectivity index (χ3n) is 2.40. The zero-order valence-corrected chi connectivity index (χ0v) is 11.0. The molecular weight excluding hydrogens is 260 g/mol. The Morgan fingerprint density at radius 3 is 2.50 bits per heavy atom. The Morgan fingerprint density at radius 2 is 1.94 bits per heavy atom. The molecule has 102 valence electrons. The molecule has 1 rings (SSSR count). The summed E-state index contributed by atoms with van der Waals surface area (Å²) in [5.74, 6) is -0.209. The van der Waals surface area contributed by atoms with Gasteiger partial charge in [-0.1, -0.05) is 0 Å². The van der Waals surface area contributed by atoms with Gasteiger partial charge >= 0.3 is 5.69 Å². The third-order valence-corrected chi connectivity index (χ3v) is 3.17. The Balaban J connectivity index is 2.76. The van der Waals surface area contributed by atoms with Crippen LogP contribution < -0.4 is 21.7 Å². The Kier molecular flexibility index (Phi) is 4.43. The SMILES string of the molecule is Cn1cc(CNCCS(N)(=O)=O)c(=O)n(C)c1=O. The smallest absolute Gasteiger partial charge is 0.311 e. The van der Waals surface area contributed by atoms with Crippen LogP contribution in [0.25, 0.3) is 0 Å². The summed E-state index contributed by atoms with van der Waals surface area (Å²) >= 11 is 0. The number of primary sulfonamides is 1. The molecule has 0 saturated carbocycles. The van der Waals surface area contributed by atoms with Gasteiger partial charge in [0.05, 0.1) is 5.75 Å². The van der Waals surface area contributed by atoms with Gasteiger partial charge in [-0.3, -0.25) is 9.36 Å². The molecule has 0 spiro atoms. The minimum absolute atomic E-state index is 0.144. The molecule has 9 heteroatoms. The van der Waals surface area contributed by atoms with E-state index < -0.39 is 21.3 Å². The lowest BCUT2D eigenvalue weighted by Crippen LogP contribution is -2.39. The highest BCUT2D eigenvalue weighted by molar-refractivity contribution is 7.89. The fraction of sp³-hybridized carbons (Fsp3) is 0.556. The molecule has 0 amide bonds. The molecule has 8 nitrogen and oxygen atoms in total. The monoisotopic (exact) mass is 276 g/mol. The molecule has 0 saturated heterocycles. The lowest BCUT2D eigenvalue weighted by Gasteiger charge is -2.07. The van der Waals surface area contributed by atoms with Crippen molar-refractivity contribution in [2.75, 3.05) is 12.3 Å². The van der Waals surface area contributed by atoms with Crippen molar-refractivity contribution < 1.29 is 8.42 Å². The van der Waals surface area contributed by atoms with Gasteiger partial charge in [0.1, 0.15) is 0 Å². The van der Waals surface area contributed by atoms with Crippen LogP contribution in [0.5, 0.6) is 0 Å². The first-order valence-corrected chi connectivity index (χ1v) is 6.90. The van der Waals surface area contributed by atoms with Crippen molar-refractivity contribution >= 4 is 10.0 Å². The maximum Gasteiger partial charge on any atom is 0.330 e. The zero-order chi connectivity index (χ0) is 13.9. The topological polar surface area (TPSA) is 116 Å². The Bertz CT molecular complexity index is 644. The Morgan fingerprint density at radius 1 is 1.33 bits per heavy atom. The van der Waals surface area contributed by atoms with E-state index in [9.17, 15) is 18.0 Å². The van der Waals surface area contributed by atoms with Crippen LogP contribution in [0.1, 0.15) is 5.56 Å². The molecule has 0 aliphatic rings. The molecule has 0 aromatic carbocycles. The first kappa shape index (κ1) is 14.6. The molecule has 1 heterocycles. The molecule has 0 aliphatic carbocycles. The van der Waals surface area contributed by atoms with Crippen molar-refractivity contribution in [1.82, 2.24) is 14.5 Å². The standard InChI is InChI=1S/C9H16N4O4S/c1-12-6-7(8(14)13(2)9(12)15)5-11-3-4-18(10,16)17/h6,11H,3-5H2,1-2H3,(H2,10,16,17). The number of nitrogens with two attached hydrogens (primary N) is 1. The van der Waals surface area contributed by atoms with Gasteiger partial charge in [0.15, 0.2) is 0 Å². The van der Waals surface area contributed by atoms with Crippen LogP contribution in [-0.2, 0) is 30.7 Å². The molecule has 1 aromatic rings. The second kappa shape index (κ2) is 5.46. The summed E-state index contributed by atoms with van der Waals surface area (Å²) in [4.78, 5) is 23.1. The van der Waals surface area contributed by atoms with E-state index in [1.165, 1.54) is 24.9 Å². The molecule has 0 aliphatic heterocycles. The average Bonchev–Trinajstić information content (AvgIpc) is 2.26. The number of hydrogen-bond acceptors (Lipinski definition) is 5. The average molecular weight is 276 g/mol. The molecule has 0 fully saturated rings. The minimum Gasteiger partial charge on any atom is -0.311 e. The Labute approximate surface area is 104 Å². The van der Waals surface area contributed by atoms with Crippen molar-refractivity contribution in [3.63, 3.8) is 0 Å². The minimum atomic E-state index is -3.51. The largest absolute Gasteiger partial charge is 0.330 e. The van der Waals surface area contributed by atoms with Gasteiger partial charge in [0.25, 0.3) is 5.56 Å². The molecule has 3 N–H and O–H groups in total. The number of hydrogen-bond donors (Lipinski definition) is 2. The van der Waals surface area contributed by atoms with E-state index in [0.29, 0.717) is 5.56 Å². The summed E-state index contributed by atoms with van der Waals surface area (Å²) in [6.45, 7) is 0.321. The predicted molar refractivity (Wildman–Crippen MR) is 66.6 cm³/mol. The van der Waals surface area contributed by atoms with Crippen LogP contribution in [-0.4, -0.2) is 29.8 Å². The van der Waals surface area contributed by atoms with E-state index in [4.69, 9.17) is 5.14 Å². The van der Waals surface area contributed by atoms with Crippen molar-refractivity contribution in [3.05, 3.63) is 32.6 Å². The highest BCUT2D eigenvalue weighted by Gasteiger charge is 2.07. The molecule has 0 radical (unpaired) electrons. The van der Waals surface area contributed by atoms with E-state index >= 15 is 0 Å². The summed E-state index contributed by atoms with van der Waals surface area (Å²) < 4.78 is 23.7. The molecular formula is C9H16N4O4S. The summed E-state index contributed by atoms with van der Waals surface area (Å²) in [6.07, 6.45) is 1.43. The molecule has 1 aromatic heterocycles. The normalized spacial score (nSPS) is 11.7. The van der Waals surface area contributed by atoms with Gasteiger partial charge in [-0.05, 0) is 0 Å². The number of sulfonamides is 1. The maximum atomic E-state index is 11.7. The zero-order valence-electron chi connectivity index (χ0n) is 10.2. The quantitative estimate of drug-likeness (QED) is 0.575. The highest BCUT2D eigenvalue weighted by Crippen LogP contribution is 1.87. The van der Waals surface area contributed by atoms with Crippen molar-refractivity contribution in [1.29, 1.82) is 0 Å². The number of aryl methyl sites for hydroxylation is 1. The number of aromatic nitrogens is 2. The molecule has 0 bridgehead atoms. The van der Waals surface area contributed by atoms with Crippen LogP contribution in [0.3, 0.4) is 0 Å². The van der Waals surface area contributed by atoms with E-state index in [0.717, 1.165) is 4.57 Å². The summed E-state index contributed by atoms with van der Waals surface area (Å²) in [6, 6.07) is 0. The van der Waals surface area contributed by atoms with Gasteiger partial charge in [-0.15, -0.1) is 0 Å². The van der Waals surface area contributed by atoms with Crippen LogP contribution in [0, 0.1) is 0 Å². The van der Waals surface area contributed by atoms with E-state index in [1.807, 2.05) is 0 Å². The lowest BCUT2D eigenvalue weighted by atomic mass is 10.3. The van der Waals surface area contributed by atoms with Crippen LogP contribution in [0.15, 0.2) is 15.8 Å². The summed E-state index contributed by atoms with van der Waals surface area (Å²) in [5.41, 5.74) is -0.427. The number of nitrogens with one attached hydrogen (secondary N) is 1. The van der Waals surface area contributed by atoms with Gasteiger partial charge < -0.3 is 9.88 Å². The van der Waals surface area contributed by atoms with Gasteiger partial charge in [-0.25, -0.2) is 18.4 Å². The molecule has 0 atom stereocenters. The highest BCUT2D eigenvalue weighted by atomic mass is 32.2. The predicted octanol–water partition coefficient (Wildman–Crippen LogP) is -2.54. The Hall–Kier alpha value is -1.45. The van der Waals surface area contributed by atoms with Crippen LogP contribution in [0.4, 0.5) is 0 Å². The lowest BCUT2D eigenvalue weighted by molar-refractivity contribution is 0.590. The van der Waals surface area contributed by atoms with E-state index in [1.54, 1.807) is 0 Å². The van der Waals surface area contributed by atoms with Crippen LogP contribution in [0.2, 0.25) is 0 Å². The fourth-order valence-corrected chi connectivity index (χ4v) is 1.87. The van der Waals surface area contributed by atoms with Gasteiger partial charge in [-0.2, -0.15) is 0 Å². The van der Waals surface area contributed by atoms with Crippen LogP contribution >= 0.6 is 0 Å². The number of nitrogens with zero attached hydrogens (tertiary/aromatic N) is 2. The molecule has 18 heavy (non-hydrogen) atoms. The summed E-state index contributed by atoms with van der Waals surface area (Å²) in [5, 5.41) is 7.62. The fourth-order valence-electron chi connectivity index (χ4n) is 1.44.